The van der Waals surface area contributed by atoms with Crippen LogP contribution in [0.2, 0.25) is 0 Å². The molecular formula is C20H24FN3O. The highest BCUT2D eigenvalue weighted by molar-refractivity contribution is 5.90. The van der Waals surface area contributed by atoms with E-state index in [1.165, 1.54) is 13.2 Å². The Morgan fingerprint density at radius 2 is 1.84 bits per heavy atom. The lowest BCUT2D eigenvalue weighted by Gasteiger charge is -2.09. The van der Waals surface area contributed by atoms with E-state index in [-0.39, 0.29) is 5.82 Å². The van der Waals surface area contributed by atoms with E-state index in [1.807, 2.05) is 29.8 Å². The summed E-state index contributed by atoms with van der Waals surface area (Å²) >= 11 is 0. The van der Waals surface area contributed by atoms with Crippen molar-refractivity contribution >= 4 is 16.6 Å². The largest absolute Gasteiger partial charge is 0.493 e. The number of nitrogens with one attached hydrogen (secondary N) is 2. The fourth-order valence-electron chi connectivity index (χ4n) is 3.11. The number of hydrogen-bond donors (Lipinski definition) is 2. The SMILES string of the molecule is COc1c(F)ccc2c1c(CCNCCNc1ccccc1)cn2C. The molecule has 1 aromatic heterocycles. The van der Waals surface area contributed by atoms with Crippen molar-refractivity contribution in [1.29, 1.82) is 0 Å². The number of rotatable bonds is 8. The number of anilines is 1. The third kappa shape index (κ3) is 3.94. The number of halogens is 1. The van der Waals surface area contributed by atoms with Crippen LogP contribution in [0.5, 0.6) is 5.75 Å². The average Bonchev–Trinajstić information content (AvgIpc) is 2.95. The van der Waals surface area contributed by atoms with Crippen molar-refractivity contribution in [2.75, 3.05) is 32.1 Å². The topological polar surface area (TPSA) is 38.2 Å². The number of fused-ring (bicyclic) bond motifs is 1. The maximum Gasteiger partial charge on any atom is 0.165 e. The molecule has 0 atom stereocenters. The van der Waals surface area contributed by atoms with Crippen LogP contribution >= 0.6 is 0 Å². The summed E-state index contributed by atoms with van der Waals surface area (Å²) in [5.41, 5.74) is 3.20. The zero-order chi connectivity index (χ0) is 17.6. The first-order chi connectivity index (χ1) is 12.2. The number of methoxy groups -OCH3 is 1. The Morgan fingerprint density at radius 1 is 1.04 bits per heavy atom. The Labute approximate surface area is 147 Å². The Hall–Kier alpha value is -2.53. The van der Waals surface area contributed by atoms with Gasteiger partial charge >= 0.3 is 0 Å². The number of aromatic nitrogens is 1. The molecule has 0 unspecified atom stereocenters. The molecule has 0 aliphatic heterocycles. The number of benzene rings is 2. The molecule has 2 aromatic carbocycles. The Kier molecular flexibility index (Phi) is 5.56. The molecule has 3 rings (SSSR count). The third-order valence-electron chi connectivity index (χ3n) is 4.32. The standard InChI is InChI=1S/C20H24FN3O/c1-24-14-15(19-18(24)9-8-17(21)20(19)25-2)10-11-22-12-13-23-16-6-4-3-5-7-16/h3-9,14,22-23H,10-13H2,1-2H3. The van der Waals surface area contributed by atoms with Gasteiger partial charge in [0.15, 0.2) is 11.6 Å². The predicted molar refractivity (Wildman–Crippen MR) is 101 cm³/mol. The molecule has 0 amide bonds. The Morgan fingerprint density at radius 3 is 2.60 bits per heavy atom. The Bertz CT molecular complexity index is 830. The van der Waals surface area contributed by atoms with Crippen LogP contribution in [0.1, 0.15) is 5.56 Å². The number of aryl methyl sites for hydroxylation is 1. The van der Waals surface area contributed by atoms with Crippen molar-refractivity contribution in [3.8, 4) is 5.75 Å². The van der Waals surface area contributed by atoms with Gasteiger partial charge in [-0.15, -0.1) is 0 Å². The van der Waals surface area contributed by atoms with Gasteiger partial charge in [-0.2, -0.15) is 0 Å². The van der Waals surface area contributed by atoms with Crippen molar-refractivity contribution in [3.05, 3.63) is 60.0 Å². The third-order valence-corrected chi connectivity index (χ3v) is 4.32. The molecule has 0 bridgehead atoms. The van der Waals surface area contributed by atoms with Gasteiger partial charge in [0.05, 0.1) is 12.6 Å². The van der Waals surface area contributed by atoms with Gasteiger partial charge < -0.3 is 19.9 Å². The number of para-hydroxylation sites is 1. The zero-order valence-electron chi connectivity index (χ0n) is 14.7. The minimum Gasteiger partial charge on any atom is -0.493 e. The highest BCUT2D eigenvalue weighted by Crippen LogP contribution is 2.32. The van der Waals surface area contributed by atoms with E-state index in [9.17, 15) is 4.39 Å². The number of nitrogens with zero attached hydrogens (tertiary/aromatic N) is 1. The lowest BCUT2D eigenvalue weighted by molar-refractivity contribution is 0.391. The first kappa shape index (κ1) is 17.3. The summed E-state index contributed by atoms with van der Waals surface area (Å²) in [5, 5.41) is 7.66. The van der Waals surface area contributed by atoms with E-state index in [0.717, 1.165) is 48.2 Å². The average molecular weight is 341 g/mol. The van der Waals surface area contributed by atoms with Crippen molar-refractivity contribution in [1.82, 2.24) is 9.88 Å². The van der Waals surface area contributed by atoms with Crippen LogP contribution in [-0.2, 0) is 13.5 Å². The normalized spacial score (nSPS) is 11.0. The van der Waals surface area contributed by atoms with Crippen LogP contribution in [-0.4, -0.2) is 31.3 Å². The first-order valence-corrected chi connectivity index (χ1v) is 8.50. The van der Waals surface area contributed by atoms with E-state index in [2.05, 4.69) is 29.0 Å². The van der Waals surface area contributed by atoms with E-state index in [4.69, 9.17) is 4.74 Å². The Balaban J connectivity index is 1.56. The molecule has 5 heteroatoms. The fourth-order valence-corrected chi connectivity index (χ4v) is 3.11. The van der Waals surface area contributed by atoms with Crippen LogP contribution in [0.4, 0.5) is 10.1 Å². The number of ether oxygens (including phenoxy) is 1. The summed E-state index contributed by atoms with van der Waals surface area (Å²) in [6.45, 7) is 2.55. The van der Waals surface area contributed by atoms with E-state index < -0.39 is 0 Å². The minimum atomic E-state index is -0.317. The minimum absolute atomic E-state index is 0.317. The summed E-state index contributed by atoms with van der Waals surface area (Å²) < 4.78 is 21.3. The second kappa shape index (κ2) is 8.03. The molecule has 0 radical (unpaired) electrons. The van der Waals surface area contributed by atoms with Gasteiger partial charge in [0.1, 0.15) is 0 Å². The molecule has 4 nitrogen and oxygen atoms in total. The molecule has 2 N–H and O–H groups in total. The summed E-state index contributed by atoms with van der Waals surface area (Å²) in [7, 11) is 3.49. The van der Waals surface area contributed by atoms with Crippen molar-refractivity contribution in [3.63, 3.8) is 0 Å². The van der Waals surface area contributed by atoms with Gasteiger partial charge in [0, 0.05) is 37.4 Å². The van der Waals surface area contributed by atoms with Crippen LogP contribution in [0.3, 0.4) is 0 Å². The lowest BCUT2D eigenvalue weighted by atomic mass is 10.1. The van der Waals surface area contributed by atoms with Crippen molar-refractivity contribution in [2.45, 2.75) is 6.42 Å². The summed E-state index contributed by atoms with van der Waals surface area (Å²) in [5.74, 6) is 0.0151. The molecule has 0 saturated carbocycles. The van der Waals surface area contributed by atoms with Gasteiger partial charge in [0.2, 0.25) is 0 Å². The van der Waals surface area contributed by atoms with Crippen LogP contribution in [0.15, 0.2) is 48.7 Å². The second-order valence-electron chi connectivity index (χ2n) is 6.03. The van der Waals surface area contributed by atoms with Gasteiger partial charge in [-0.3, -0.25) is 0 Å². The molecule has 132 valence electrons. The summed E-state index contributed by atoms with van der Waals surface area (Å²) in [4.78, 5) is 0. The molecule has 1 heterocycles. The van der Waals surface area contributed by atoms with Crippen LogP contribution in [0, 0.1) is 5.82 Å². The molecule has 0 aliphatic rings. The van der Waals surface area contributed by atoms with E-state index >= 15 is 0 Å². The van der Waals surface area contributed by atoms with Crippen molar-refractivity contribution in [2.24, 2.45) is 7.05 Å². The maximum absolute atomic E-state index is 14.0. The van der Waals surface area contributed by atoms with Gasteiger partial charge in [0.25, 0.3) is 0 Å². The fraction of sp³-hybridized carbons (Fsp3) is 0.300. The van der Waals surface area contributed by atoms with Gasteiger partial charge in [-0.05, 0) is 42.8 Å². The molecule has 3 aromatic rings. The number of hydrogen-bond acceptors (Lipinski definition) is 3. The quantitative estimate of drug-likeness (QED) is 0.615. The second-order valence-corrected chi connectivity index (χ2v) is 6.03. The van der Waals surface area contributed by atoms with E-state index in [0.29, 0.717) is 5.75 Å². The van der Waals surface area contributed by atoms with Gasteiger partial charge in [-0.1, -0.05) is 18.2 Å². The first-order valence-electron chi connectivity index (χ1n) is 8.50. The van der Waals surface area contributed by atoms with Crippen molar-refractivity contribution < 1.29 is 9.13 Å². The van der Waals surface area contributed by atoms with E-state index in [1.54, 1.807) is 6.07 Å². The summed E-state index contributed by atoms with van der Waals surface area (Å²) in [6.07, 6.45) is 2.87. The predicted octanol–water partition coefficient (Wildman–Crippen LogP) is 3.57. The molecule has 25 heavy (non-hydrogen) atoms. The smallest absolute Gasteiger partial charge is 0.165 e. The maximum atomic E-state index is 14.0. The zero-order valence-corrected chi connectivity index (χ0v) is 14.7. The van der Waals surface area contributed by atoms with Gasteiger partial charge in [-0.25, -0.2) is 4.39 Å². The van der Waals surface area contributed by atoms with Crippen LogP contribution in [0.25, 0.3) is 10.9 Å². The summed E-state index contributed by atoms with van der Waals surface area (Å²) in [6, 6.07) is 13.4. The molecule has 0 saturated heterocycles. The molecule has 0 fully saturated rings. The molecular weight excluding hydrogens is 317 g/mol. The highest BCUT2D eigenvalue weighted by atomic mass is 19.1. The lowest BCUT2D eigenvalue weighted by Crippen LogP contribution is -2.24. The van der Waals surface area contributed by atoms with Crippen LogP contribution < -0.4 is 15.4 Å². The highest BCUT2D eigenvalue weighted by Gasteiger charge is 2.15. The molecule has 0 spiro atoms. The monoisotopic (exact) mass is 341 g/mol. The molecule has 0 aliphatic carbocycles.